The van der Waals surface area contributed by atoms with E-state index >= 15 is 0 Å². The fourth-order valence-electron chi connectivity index (χ4n) is 2.19. The normalized spacial score (nSPS) is 11.8. The number of rotatable bonds is 5. The highest BCUT2D eigenvalue weighted by atomic mass is 16.1. The van der Waals surface area contributed by atoms with E-state index in [1.54, 1.807) is 12.4 Å². The third kappa shape index (κ3) is 3.81. The first-order valence-corrected chi connectivity index (χ1v) is 7.17. The van der Waals surface area contributed by atoms with E-state index < -0.39 is 0 Å². The first kappa shape index (κ1) is 15.0. The van der Waals surface area contributed by atoms with Crippen molar-refractivity contribution in [3.63, 3.8) is 0 Å². The first-order valence-electron chi connectivity index (χ1n) is 7.17. The van der Waals surface area contributed by atoms with Gasteiger partial charge in [-0.2, -0.15) is 0 Å². The van der Waals surface area contributed by atoms with Crippen LogP contribution in [0.1, 0.15) is 41.4 Å². The molecule has 0 fully saturated rings. The lowest BCUT2D eigenvalue weighted by atomic mass is 10.1. The molecular formula is C17H21N3O. The van der Waals surface area contributed by atoms with Crippen LogP contribution in [0.25, 0.3) is 0 Å². The van der Waals surface area contributed by atoms with E-state index in [4.69, 9.17) is 0 Å². The van der Waals surface area contributed by atoms with Crippen molar-refractivity contribution in [2.24, 2.45) is 0 Å². The standard InChI is InChI=1S/C17H21N3O/c1-4-19-16-8-7-14(10-12(16)2)17(21)20-13(3)15-6-5-9-18-11-15/h5-11,13,19H,4H2,1-3H3,(H,20,21). The Morgan fingerprint density at radius 1 is 1.33 bits per heavy atom. The van der Waals surface area contributed by atoms with Crippen LogP contribution in [-0.2, 0) is 0 Å². The Morgan fingerprint density at radius 2 is 2.14 bits per heavy atom. The van der Waals surface area contributed by atoms with Crippen molar-refractivity contribution in [1.29, 1.82) is 0 Å². The molecule has 1 unspecified atom stereocenters. The van der Waals surface area contributed by atoms with Crippen LogP contribution in [0.15, 0.2) is 42.7 Å². The minimum absolute atomic E-state index is 0.0695. The molecule has 21 heavy (non-hydrogen) atoms. The second-order valence-electron chi connectivity index (χ2n) is 5.04. The zero-order valence-corrected chi connectivity index (χ0v) is 12.7. The van der Waals surface area contributed by atoms with Crippen LogP contribution in [0.2, 0.25) is 0 Å². The maximum atomic E-state index is 12.3. The summed E-state index contributed by atoms with van der Waals surface area (Å²) in [6, 6.07) is 9.45. The number of aromatic nitrogens is 1. The third-order valence-corrected chi connectivity index (χ3v) is 3.39. The molecule has 0 bridgehead atoms. The zero-order chi connectivity index (χ0) is 15.2. The fraction of sp³-hybridized carbons (Fsp3) is 0.294. The number of nitrogens with zero attached hydrogens (tertiary/aromatic N) is 1. The van der Waals surface area contributed by atoms with Crippen LogP contribution in [0.4, 0.5) is 5.69 Å². The Hall–Kier alpha value is -2.36. The van der Waals surface area contributed by atoms with Gasteiger partial charge in [-0.3, -0.25) is 9.78 Å². The summed E-state index contributed by atoms with van der Waals surface area (Å²) in [6.45, 7) is 6.87. The van der Waals surface area contributed by atoms with Crippen LogP contribution in [0, 0.1) is 6.92 Å². The molecule has 0 saturated carbocycles. The number of pyridine rings is 1. The molecule has 1 heterocycles. The van der Waals surface area contributed by atoms with Crippen LogP contribution >= 0.6 is 0 Å². The Bertz CT molecular complexity index is 611. The van der Waals surface area contributed by atoms with Crippen molar-refractivity contribution >= 4 is 11.6 Å². The van der Waals surface area contributed by atoms with Gasteiger partial charge in [0.25, 0.3) is 5.91 Å². The van der Waals surface area contributed by atoms with Gasteiger partial charge in [-0.1, -0.05) is 6.07 Å². The minimum Gasteiger partial charge on any atom is -0.385 e. The Kier molecular flexibility index (Phi) is 4.93. The molecule has 0 spiro atoms. The van der Waals surface area contributed by atoms with E-state index in [9.17, 15) is 4.79 Å². The van der Waals surface area contributed by atoms with Crippen LogP contribution < -0.4 is 10.6 Å². The highest BCUT2D eigenvalue weighted by Crippen LogP contribution is 2.17. The van der Waals surface area contributed by atoms with E-state index in [1.807, 2.05) is 44.2 Å². The number of carbonyl (C=O) groups is 1. The highest BCUT2D eigenvalue weighted by molar-refractivity contribution is 5.95. The Morgan fingerprint density at radius 3 is 2.76 bits per heavy atom. The molecule has 1 aromatic heterocycles. The van der Waals surface area contributed by atoms with Crippen LogP contribution in [-0.4, -0.2) is 17.4 Å². The molecule has 0 aliphatic carbocycles. The maximum absolute atomic E-state index is 12.3. The van der Waals surface area contributed by atoms with E-state index in [1.165, 1.54) is 0 Å². The van der Waals surface area contributed by atoms with Gasteiger partial charge < -0.3 is 10.6 Å². The summed E-state index contributed by atoms with van der Waals surface area (Å²) in [5, 5.41) is 6.26. The summed E-state index contributed by atoms with van der Waals surface area (Å²) in [6.07, 6.45) is 3.49. The second-order valence-corrected chi connectivity index (χ2v) is 5.04. The molecule has 0 aliphatic heterocycles. The van der Waals surface area contributed by atoms with Gasteiger partial charge >= 0.3 is 0 Å². The molecule has 0 radical (unpaired) electrons. The predicted molar refractivity (Wildman–Crippen MR) is 85.5 cm³/mol. The molecule has 2 aromatic rings. The highest BCUT2D eigenvalue weighted by Gasteiger charge is 2.12. The summed E-state index contributed by atoms with van der Waals surface area (Å²) in [5.74, 6) is -0.0718. The smallest absolute Gasteiger partial charge is 0.251 e. The maximum Gasteiger partial charge on any atom is 0.251 e. The lowest BCUT2D eigenvalue weighted by Gasteiger charge is -2.15. The summed E-state index contributed by atoms with van der Waals surface area (Å²) < 4.78 is 0. The summed E-state index contributed by atoms with van der Waals surface area (Å²) in [7, 11) is 0. The molecule has 2 rings (SSSR count). The summed E-state index contributed by atoms with van der Waals surface area (Å²) in [5.41, 5.74) is 3.80. The number of benzene rings is 1. The quantitative estimate of drug-likeness (QED) is 0.885. The molecule has 0 aliphatic rings. The van der Waals surface area contributed by atoms with Crippen molar-refractivity contribution in [2.75, 3.05) is 11.9 Å². The molecule has 4 nitrogen and oxygen atoms in total. The average molecular weight is 283 g/mol. The number of hydrogen-bond donors (Lipinski definition) is 2. The minimum atomic E-state index is -0.0718. The SMILES string of the molecule is CCNc1ccc(C(=O)NC(C)c2cccnc2)cc1C. The van der Waals surface area contributed by atoms with E-state index in [-0.39, 0.29) is 11.9 Å². The van der Waals surface area contributed by atoms with Crippen LogP contribution in [0.3, 0.4) is 0 Å². The predicted octanol–water partition coefficient (Wildman–Crippen LogP) is 3.31. The second kappa shape index (κ2) is 6.88. The lowest BCUT2D eigenvalue weighted by molar-refractivity contribution is 0.0940. The number of nitrogens with one attached hydrogen (secondary N) is 2. The number of amides is 1. The summed E-state index contributed by atoms with van der Waals surface area (Å²) >= 11 is 0. The number of carbonyl (C=O) groups excluding carboxylic acids is 1. The average Bonchev–Trinajstić information content (AvgIpc) is 2.50. The van der Waals surface area contributed by atoms with Crippen molar-refractivity contribution in [3.05, 3.63) is 59.4 Å². The third-order valence-electron chi connectivity index (χ3n) is 3.39. The lowest BCUT2D eigenvalue weighted by Crippen LogP contribution is -2.26. The van der Waals surface area contributed by atoms with Gasteiger partial charge in [-0.15, -0.1) is 0 Å². The number of anilines is 1. The molecule has 110 valence electrons. The monoisotopic (exact) mass is 283 g/mol. The van der Waals surface area contributed by atoms with E-state index in [0.29, 0.717) is 5.56 Å². The van der Waals surface area contributed by atoms with Crippen molar-refractivity contribution in [2.45, 2.75) is 26.8 Å². The van der Waals surface area contributed by atoms with Gasteiger partial charge in [0.2, 0.25) is 0 Å². The summed E-state index contributed by atoms with van der Waals surface area (Å²) in [4.78, 5) is 16.4. The largest absolute Gasteiger partial charge is 0.385 e. The molecular weight excluding hydrogens is 262 g/mol. The van der Waals surface area contributed by atoms with Crippen molar-refractivity contribution < 1.29 is 4.79 Å². The van der Waals surface area contributed by atoms with Gasteiger partial charge in [-0.05, 0) is 56.2 Å². The number of aryl methyl sites for hydroxylation is 1. The van der Waals surface area contributed by atoms with Crippen molar-refractivity contribution in [3.8, 4) is 0 Å². The Labute approximate surface area is 125 Å². The zero-order valence-electron chi connectivity index (χ0n) is 12.7. The molecule has 1 atom stereocenters. The fourth-order valence-corrected chi connectivity index (χ4v) is 2.19. The Balaban J connectivity index is 2.08. The van der Waals surface area contributed by atoms with Gasteiger partial charge in [0.15, 0.2) is 0 Å². The molecule has 0 saturated heterocycles. The molecule has 1 amide bonds. The van der Waals surface area contributed by atoms with E-state index in [2.05, 4.69) is 22.5 Å². The van der Waals surface area contributed by atoms with E-state index in [0.717, 1.165) is 23.4 Å². The first-order chi connectivity index (χ1) is 10.1. The topological polar surface area (TPSA) is 54.0 Å². The van der Waals surface area contributed by atoms with Gasteiger partial charge in [0.1, 0.15) is 0 Å². The van der Waals surface area contributed by atoms with Crippen molar-refractivity contribution in [1.82, 2.24) is 10.3 Å². The van der Waals surface area contributed by atoms with Gasteiger partial charge in [0.05, 0.1) is 6.04 Å². The molecule has 2 N–H and O–H groups in total. The number of hydrogen-bond acceptors (Lipinski definition) is 3. The molecule has 1 aromatic carbocycles. The van der Waals surface area contributed by atoms with Gasteiger partial charge in [0, 0.05) is 30.2 Å². The van der Waals surface area contributed by atoms with Crippen LogP contribution in [0.5, 0.6) is 0 Å². The molecule has 4 heteroatoms. The van der Waals surface area contributed by atoms with Gasteiger partial charge in [-0.25, -0.2) is 0 Å².